The van der Waals surface area contributed by atoms with Crippen LogP contribution in [0.25, 0.3) is 0 Å². The van der Waals surface area contributed by atoms with Crippen LogP contribution in [0.3, 0.4) is 0 Å². The van der Waals surface area contributed by atoms with Crippen molar-refractivity contribution < 1.29 is 4.79 Å². The highest BCUT2D eigenvalue weighted by atomic mass is 16.1. The molecule has 0 fully saturated rings. The molecule has 1 aromatic heterocycles. The molecule has 0 aromatic carbocycles. The molecule has 0 saturated carbocycles. The van der Waals surface area contributed by atoms with E-state index in [2.05, 4.69) is 18.9 Å². The van der Waals surface area contributed by atoms with Gasteiger partial charge in [-0.1, -0.05) is 13.8 Å². The molecule has 0 radical (unpaired) electrons. The maximum Gasteiger partial charge on any atom is 0.126 e. The highest BCUT2D eigenvalue weighted by Crippen LogP contribution is 2.00. The predicted octanol–water partition coefficient (Wildman–Crippen LogP) is 1.28. The van der Waals surface area contributed by atoms with Crippen LogP contribution in [-0.4, -0.2) is 16.1 Å². The lowest BCUT2D eigenvalue weighted by atomic mass is 10.2. The Balaban J connectivity index is 2.57. The van der Waals surface area contributed by atoms with Crippen molar-refractivity contribution in [3.05, 3.63) is 18.0 Å². The van der Waals surface area contributed by atoms with E-state index in [-0.39, 0.29) is 0 Å². The highest BCUT2D eigenvalue weighted by Gasteiger charge is 1.99. The van der Waals surface area contributed by atoms with Gasteiger partial charge in [0.25, 0.3) is 0 Å². The molecule has 66 valence electrons. The second-order valence-electron chi connectivity index (χ2n) is 3.29. The molecule has 0 aliphatic rings. The van der Waals surface area contributed by atoms with E-state index in [9.17, 15) is 4.79 Å². The van der Waals surface area contributed by atoms with E-state index in [0.717, 1.165) is 18.5 Å². The van der Waals surface area contributed by atoms with Gasteiger partial charge >= 0.3 is 0 Å². The summed E-state index contributed by atoms with van der Waals surface area (Å²) < 4.78 is 1.88. The lowest BCUT2D eigenvalue weighted by Gasteiger charge is -2.03. The van der Waals surface area contributed by atoms with Crippen molar-refractivity contribution in [3.63, 3.8) is 0 Å². The molecular formula is C9H14N2O. The van der Waals surface area contributed by atoms with Crippen LogP contribution in [0.1, 0.15) is 19.5 Å². The number of carbonyl (C=O) groups excluding carboxylic acids is 1. The zero-order valence-electron chi connectivity index (χ0n) is 7.53. The number of hydrogen-bond donors (Lipinski definition) is 0. The normalized spacial score (nSPS) is 10.6. The molecule has 0 atom stereocenters. The van der Waals surface area contributed by atoms with Crippen molar-refractivity contribution in [3.8, 4) is 0 Å². The summed E-state index contributed by atoms with van der Waals surface area (Å²) >= 11 is 0. The van der Waals surface area contributed by atoms with E-state index in [1.807, 2.05) is 16.9 Å². The minimum absolute atomic E-state index is 0.422. The molecular weight excluding hydrogens is 152 g/mol. The van der Waals surface area contributed by atoms with Gasteiger partial charge in [0, 0.05) is 19.2 Å². The maximum absolute atomic E-state index is 10.2. The van der Waals surface area contributed by atoms with Gasteiger partial charge in [-0.3, -0.25) is 4.68 Å². The van der Waals surface area contributed by atoms with Gasteiger partial charge in [0.2, 0.25) is 0 Å². The predicted molar refractivity (Wildman–Crippen MR) is 46.8 cm³/mol. The van der Waals surface area contributed by atoms with Gasteiger partial charge in [-0.15, -0.1) is 0 Å². The summed E-state index contributed by atoms with van der Waals surface area (Å²) in [5.41, 5.74) is 0.852. The second-order valence-corrected chi connectivity index (χ2v) is 3.29. The molecule has 0 amide bonds. The first-order valence-corrected chi connectivity index (χ1v) is 4.18. The first-order chi connectivity index (χ1) is 5.72. The standard InChI is InChI=1S/C9H14N2O/c1-8(2)7-11-5-3-9(10-11)4-6-12/h3,5-6,8H,4,7H2,1-2H3. The van der Waals surface area contributed by atoms with Crippen LogP contribution in [0.4, 0.5) is 0 Å². The molecule has 12 heavy (non-hydrogen) atoms. The summed E-state index contributed by atoms with van der Waals surface area (Å²) in [6.07, 6.45) is 3.21. The molecule has 0 bridgehead atoms. The summed E-state index contributed by atoms with van der Waals surface area (Å²) in [7, 11) is 0. The van der Waals surface area contributed by atoms with Crippen molar-refractivity contribution in [2.24, 2.45) is 5.92 Å². The van der Waals surface area contributed by atoms with E-state index < -0.39 is 0 Å². The zero-order chi connectivity index (χ0) is 8.97. The van der Waals surface area contributed by atoms with Crippen LogP contribution >= 0.6 is 0 Å². The van der Waals surface area contributed by atoms with Gasteiger partial charge in [-0.05, 0) is 12.0 Å². The topological polar surface area (TPSA) is 34.9 Å². The summed E-state index contributed by atoms with van der Waals surface area (Å²) in [4.78, 5) is 10.2. The van der Waals surface area contributed by atoms with Crippen LogP contribution in [0.5, 0.6) is 0 Å². The minimum atomic E-state index is 0.422. The average Bonchev–Trinajstić information content (AvgIpc) is 2.36. The Hall–Kier alpha value is -1.12. The maximum atomic E-state index is 10.2. The number of aromatic nitrogens is 2. The summed E-state index contributed by atoms with van der Waals surface area (Å²) in [5, 5.41) is 4.23. The van der Waals surface area contributed by atoms with E-state index in [0.29, 0.717) is 12.3 Å². The highest BCUT2D eigenvalue weighted by molar-refractivity contribution is 5.53. The van der Waals surface area contributed by atoms with Gasteiger partial charge < -0.3 is 4.79 Å². The van der Waals surface area contributed by atoms with Crippen molar-refractivity contribution in [2.45, 2.75) is 26.8 Å². The Bertz CT molecular complexity index is 253. The van der Waals surface area contributed by atoms with E-state index in [1.54, 1.807) is 0 Å². The Morgan fingerprint density at radius 3 is 3.00 bits per heavy atom. The number of carbonyl (C=O) groups is 1. The van der Waals surface area contributed by atoms with Gasteiger partial charge in [0.1, 0.15) is 6.29 Å². The SMILES string of the molecule is CC(C)Cn1ccc(CC=O)n1. The number of rotatable bonds is 4. The lowest BCUT2D eigenvalue weighted by Crippen LogP contribution is -2.05. The third-order valence-corrected chi connectivity index (χ3v) is 1.54. The molecule has 0 saturated heterocycles. The van der Waals surface area contributed by atoms with Gasteiger partial charge in [-0.2, -0.15) is 5.10 Å². The average molecular weight is 166 g/mol. The third-order valence-electron chi connectivity index (χ3n) is 1.54. The molecule has 0 aliphatic heterocycles. The second kappa shape index (κ2) is 4.04. The summed E-state index contributed by atoms with van der Waals surface area (Å²) in [6, 6.07) is 1.89. The molecule has 0 N–H and O–H groups in total. The van der Waals surface area contributed by atoms with Crippen molar-refractivity contribution in [2.75, 3.05) is 0 Å². The van der Waals surface area contributed by atoms with Gasteiger partial charge in [0.15, 0.2) is 0 Å². The smallest absolute Gasteiger partial charge is 0.126 e. The first kappa shape index (κ1) is 8.97. The Morgan fingerprint density at radius 1 is 1.67 bits per heavy atom. The van der Waals surface area contributed by atoms with Gasteiger partial charge in [-0.25, -0.2) is 0 Å². The monoisotopic (exact) mass is 166 g/mol. The molecule has 0 spiro atoms. The molecule has 1 rings (SSSR count). The van der Waals surface area contributed by atoms with Crippen LogP contribution in [-0.2, 0) is 17.8 Å². The van der Waals surface area contributed by atoms with Gasteiger partial charge in [0.05, 0.1) is 5.69 Å². The van der Waals surface area contributed by atoms with E-state index in [1.165, 1.54) is 0 Å². The molecule has 0 aliphatic carbocycles. The quantitative estimate of drug-likeness (QED) is 0.631. The summed E-state index contributed by atoms with van der Waals surface area (Å²) in [5.74, 6) is 0.592. The fourth-order valence-electron chi connectivity index (χ4n) is 1.07. The van der Waals surface area contributed by atoms with E-state index >= 15 is 0 Å². The molecule has 1 heterocycles. The largest absolute Gasteiger partial charge is 0.303 e. The van der Waals surface area contributed by atoms with E-state index in [4.69, 9.17) is 0 Å². The molecule has 1 aromatic rings. The fraction of sp³-hybridized carbons (Fsp3) is 0.556. The molecule has 0 unspecified atom stereocenters. The van der Waals surface area contributed by atoms with Crippen molar-refractivity contribution >= 4 is 6.29 Å². The van der Waals surface area contributed by atoms with Crippen LogP contribution in [0, 0.1) is 5.92 Å². The lowest BCUT2D eigenvalue weighted by molar-refractivity contribution is -0.107. The number of nitrogens with zero attached hydrogens (tertiary/aromatic N) is 2. The zero-order valence-corrected chi connectivity index (χ0v) is 7.53. The Morgan fingerprint density at radius 2 is 2.42 bits per heavy atom. The van der Waals surface area contributed by atoms with Crippen LogP contribution in [0.15, 0.2) is 12.3 Å². The Labute approximate surface area is 72.4 Å². The van der Waals surface area contributed by atoms with Crippen molar-refractivity contribution in [1.29, 1.82) is 0 Å². The van der Waals surface area contributed by atoms with Crippen LogP contribution in [0.2, 0.25) is 0 Å². The first-order valence-electron chi connectivity index (χ1n) is 4.18. The minimum Gasteiger partial charge on any atom is -0.303 e. The third kappa shape index (κ3) is 2.49. The number of aldehydes is 1. The molecule has 3 nitrogen and oxygen atoms in total. The fourth-order valence-corrected chi connectivity index (χ4v) is 1.07. The molecule has 3 heteroatoms. The Kier molecular flexibility index (Phi) is 3.02. The summed E-state index contributed by atoms with van der Waals surface area (Å²) in [6.45, 7) is 5.20. The number of hydrogen-bond acceptors (Lipinski definition) is 2. The van der Waals surface area contributed by atoms with Crippen molar-refractivity contribution in [1.82, 2.24) is 9.78 Å². The van der Waals surface area contributed by atoms with Crippen LogP contribution < -0.4 is 0 Å².